The summed E-state index contributed by atoms with van der Waals surface area (Å²) in [4.78, 5) is 11.3. The molecule has 0 saturated heterocycles. The highest BCUT2D eigenvalue weighted by atomic mass is 79.9. The number of hydrogen-bond acceptors (Lipinski definition) is 2. The molecule has 0 N–H and O–H groups in total. The second-order valence-corrected chi connectivity index (χ2v) is 4.93. The van der Waals surface area contributed by atoms with Crippen LogP contribution in [0.2, 0.25) is 0 Å². The zero-order valence-electron chi connectivity index (χ0n) is 9.57. The Labute approximate surface area is 104 Å². The maximum absolute atomic E-state index is 11.3. The highest BCUT2D eigenvalue weighted by molar-refractivity contribution is 9.10. The van der Waals surface area contributed by atoms with Gasteiger partial charge in [-0.25, -0.2) is 4.48 Å². The van der Waals surface area contributed by atoms with Crippen molar-refractivity contribution >= 4 is 27.7 Å². The summed E-state index contributed by atoms with van der Waals surface area (Å²) in [5.74, 6) is 0. The molecule has 0 radical (unpaired) electrons. The Morgan fingerprint density at radius 2 is 1.94 bits per heavy atom. The Balaban J connectivity index is 3.01. The molecule has 4 heteroatoms. The first-order chi connectivity index (χ1) is 7.50. The summed E-state index contributed by atoms with van der Waals surface area (Å²) in [7, 11) is 1.67. The maximum atomic E-state index is 11.3. The van der Waals surface area contributed by atoms with Gasteiger partial charge in [-0.1, -0.05) is 29.3 Å². The van der Waals surface area contributed by atoms with Crippen LogP contribution in [0.5, 0.6) is 0 Å². The normalized spacial score (nSPS) is 14.4. The van der Waals surface area contributed by atoms with Crippen LogP contribution in [0.25, 0.3) is 0 Å². The SMILES string of the molecule is CCCC[N+](C)(C(=O)[O-])c1ccc(Br)cc1. The summed E-state index contributed by atoms with van der Waals surface area (Å²) >= 11 is 3.33. The number of halogens is 1. The first-order valence-electron chi connectivity index (χ1n) is 5.34. The van der Waals surface area contributed by atoms with Crippen LogP contribution in [0.1, 0.15) is 19.8 Å². The molecule has 1 amide bonds. The third kappa shape index (κ3) is 2.83. The zero-order valence-corrected chi connectivity index (χ0v) is 11.2. The van der Waals surface area contributed by atoms with E-state index in [-0.39, 0.29) is 4.48 Å². The van der Waals surface area contributed by atoms with Crippen molar-refractivity contribution < 1.29 is 9.90 Å². The van der Waals surface area contributed by atoms with Crippen LogP contribution in [-0.2, 0) is 0 Å². The lowest BCUT2D eigenvalue weighted by molar-refractivity contribution is -0.262. The zero-order chi connectivity index (χ0) is 12.2. The van der Waals surface area contributed by atoms with E-state index in [9.17, 15) is 9.90 Å². The molecule has 1 atom stereocenters. The minimum atomic E-state index is -1.06. The summed E-state index contributed by atoms with van der Waals surface area (Å²) in [6.07, 6.45) is 0.772. The van der Waals surface area contributed by atoms with Crippen LogP contribution in [0.3, 0.4) is 0 Å². The van der Waals surface area contributed by atoms with E-state index in [2.05, 4.69) is 15.9 Å². The number of amides is 1. The van der Waals surface area contributed by atoms with Crippen molar-refractivity contribution in [2.24, 2.45) is 0 Å². The van der Waals surface area contributed by atoms with E-state index in [1.807, 2.05) is 31.2 Å². The molecule has 1 aromatic carbocycles. The van der Waals surface area contributed by atoms with Gasteiger partial charge in [0, 0.05) is 16.6 Å². The van der Waals surface area contributed by atoms with Gasteiger partial charge in [0.25, 0.3) is 6.09 Å². The van der Waals surface area contributed by atoms with E-state index in [4.69, 9.17) is 0 Å². The number of rotatable bonds is 4. The van der Waals surface area contributed by atoms with Crippen LogP contribution in [0.15, 0.2) is 28.7 Å². The van der Waals surface area contributed by atoms with Gasteiger partial charge in [-0.3, -0.25) is 0 Å². The van der Waals surface area contributed by atoms with Gasteiger partial charge in [-0.05, 0) is 18.6 Å². The first kappa shape index (κ1) is 13.2. The van der Waals surface area contributed by atoms with Crippen LogP contribution in [0, 0.1) is 0 Å². The number of carbonyl (C=O) groups is 1. The Morgan fingerprint density at radius 1 is 1.38 bits per heavy atom. The molecule has 0 saturated carbocycles. The van der Waals surface area contributed by atoms with Gasteiger partial charge in [0.1, 0.15) is 5.69 Å². The largest absolute Gasteiger partial charge is 0.498 e. The number of hydrogen-bond donors (Lipinski definition) is 0. The van der Waals surface area contributed by atoms with Gasteiger partial charge >= 0.3 is 0 Å². The fraction of sp³-hybridized carbons (Fsp3) is 0.417. The molecule has 0 aliphatic carbocycles. The number of unbranched alkanes of at least 4 members (excludes halogenated alkanes) is 1. The summed E-state index contributed by atoms with van der Waals surface area (Å²) in [6, 6.07) is 7.33. The lowest BCUT2D eigenvalue weighted by Crippen LogP contribution is -2.57. The van der Waals surface area contributed by atoms with E-state index < -0.39 is 6.09 Å². The summed E-state index contributed by atoms with van der Waals surface area (Å²) in [6.45, 7) is 2.60. The van der Waals surface area contributed by atoms with Gasteiger partial charge in [-0.2, -0.15) is 0 Å². The number of benzene rings is 1. The van der Waals surface area contributed by atoms with Crippen LogP contribution < -0.4 is 9.59 Å². The van der Waals surface area contributed by atoms with E-state index in [0.29, 0.717) is 6.54 Å². The third-order valence-electron chi connectivity index (χ3n) is 2.76. The predicted molar refractivity (Wildman–Crippen MR) is 67.0 cm³/mol. The van der Waals surface area contributed by atoms with E-state index in [0.717, 1.165) is 23.0 Å². The fourth-order valence-corrected chi connectivity index (χ4v) is 1.83. The second kappa shape index (κ2) is 5.46. The van der Waals surface area contributed by atoms with Crippen LogP contribution in [-0.4, -0.2) is 19.7 Å². The lowest BCUT2D eigenvalue weighted by atomic mass is 10.2. The average Bonchev–Trinajstić information content (AvgIpc) is 2.26. The number of nitrogens with zero attached hydrogens (tertiary/aromatic N) is 1. The number of carbonyl (C=O) groups excluding carboxylic acids is 1. The van der Waals surface area contributed by atoms with Crippen molar-refractivity contribution in [2.75, 3.05) is 13.6 Å². The molecule has 16 heavy (non-hydrogen) atoms. The van der Waals surface area contributed by atoms with Crippen molar-refractivity contribution in [2.45, 2.75) is 19.8 Å². The average molecular weight is 286 g/mol. The Kier molecular flexibility index (Phi) is 4.50. The molecule has 0 aliphatic heterocycles. The number of carboxylic acid groups (broad SMARTS) is 1. The maximum Gasteiger partial charge on any atom is 0.262 e. The molecule has 88 valence electrons. The first-order valence-corrected chi connectivity index (χ1v) is 6.13. The Bertz CT molecular complexity index is 364. The quantitative estimate of drug-likeness (QED) is 0.798. The van der Waals surface area contributed by atoms with Crippen molar-refractivity contribution in [3.05, 3.63) is 28.7 Å². The van der Waals surface area contributed by atoms with Crippen molar-refractivity contribution in [1.29, 1.82) is 0 Å². The van der Waals surface area contributed by atoms with Crippen molar-refractivity contribution in [3.8, 4) is 0 Å². The third-order valence-corrected chi connectivity index (χ3v) is 3.29. The van der Waals surface area contributed by atoms with Gasteiger partial charge < -0.3 is 9.90 Å². The second-order valence-electron chi connectivity index (χ2n) is 4.01. The van der Waals surface area contributed by atoms with Gasteiger partial charge in [0.15, 0.2) is 0 Å². The smallest absolute Gasteiger partial charge is 0.262 e. The molecule has 0 fully saturated rings. The summed E-state index contributed by atoms with van der Waals surface area (Å²) in [5, 5.41) is 11.3. The standard InChI is InChI=1S/C12H16BrNO2/c1-3-4-9-14(2,12(15)16)11-7-5-10(13)6-8-11/h5-8H,3-4,9H2,1-2H3. The lowest BCUT2D eigenvalue weighted by Gasteiger charge is -2.33. The van der Waals surface area contributed by atoms with Gasteiger partial charge in [-0.15, -0.1) is 0 Å². The van der Waals surface area contributed by atoms with Crippen molar-refractivity contribution in [3.63, 3.8) is 0 Å². The molecule has 0 heterocycles. The summed E-state index contributed by atoms with van der Waals surface area (Å²) in [5.41, 5.74) is 0.747. The number of quaternary nitrogens is 1. The van der Waals surface area contributed by atoms with E-state index in [1.54, 1.807) is 7.05 Å². The highest BCUT2D eigenvalue weighted by Crippen LogP contribution is 2.23. The van der Waals surface area contributed by atoms with Gasteiger partial charge in [0.2, 0.25) is 0 Å². The molecular formula is C12H16BrNO2. The molecule has 1 unspecified atom stereocenters. The monoisotopic (exact) mass is 285 g/mol. The summed E-state index contributed by atoms with van der Waals surface area (Å²) < 4.78 is 0.776. The molecule has 0 aliphatic rings. The molecular weight excluding hydrogens is 270 g/mol. The minimum absolute atomic E-state index is 0.166. The fourth-order valence-electron chi connectivity index (χ4n) is 1.57. The van der Waals surface area contributed by atoms with E-state index in [1.165, 1.54) is 0 Å². The molecule has 1 aromatic rings. The minimum Gasteiger partial charge on any atom is -0.498 e. The predicted octanol–water partition coefficient (Wildman–Crippen LogP) is 2.53. The highest BCUT2D eigenvalue weighted by Gasteiger charge is 2.26. The van der Waals surface area contributed by atoms with Gasteiger partial charge in [0.05, 0.1) is 13.6 Å². The molecule has 0 bridgehead atoms. The Morgan fingerprint density at radius 3 is 2.38 bits per heavy atom. The Hall–Kier alpha value is -0.870. The van der Waals surface area contributed by atoms with Crippen LogP contribution in [0.4, 0.5) is 10.5 Å². The molecule has 0 aromatic heterocycles. The van der Waals surface area contributed by atoms with Crippen LogP contribution >= 0.6 is 15.9 Å². The molecule has 3 nitrogen and oxygen atoms in total. The molecule has 1 rings (SSSR count). The van der Waals surface area contributed by atoms with Crippen molar-refractivity contribution in [1.82, 2.24) is 4.48 Å². The molecule has 0 spiro atoms. The van der Waals surface area contributed by atoms with E-state index >= 15 is 0 Å². The topological polar surface area (TPSA) is 40.1 Å².